The monoisotopic (exact) mass is 534 g/mol. The Balaban J connectivity index is 0.00000308. The van der Waals surface area contributed by atoms with Crippen LogP contribution < -0.4 is 10.5 Å². The highest BCUT2D eigenvalue weighted by Crippen LogP contribution is 2.30. The number of nitrogens with one attached hydrogen (secondary N) is 1. The third-order valence-electron chi connectivity index (χ3n) is 7.89. The fourth-order valence-electron chi connectivity index (χ4n) is 5.77. The van der Waals surface area contributed by atoms with Gasteiger partial charge in [0.15, 0.2) is 0 Å². The van der Waals surface area contributed by atoms with Gasteiger partial charge in [0, 0.05) is 49.8 Å². The van der Waals surface area contributed by atoms with Crippen LogP contribution in [0, 0.1) is 19.7 Å². The van der Waals surface area contributed by atoms with Gasteiger partial charge >= 0.3 is 0 Å². The Morgan fingerprint density at radius 2 is 1.90 bits per heavy atom. The van der Waals surface area contributed by atoms with Crippen molar-refractivity contribution in [3.8, 4) is 0 Å². The van der Waals surface area contributed by atoms with E-state index in [0.29, 0.717) is 55.0 Å². The number of rotatable bonds is 3. The molecule has 4 aromatic rings. The first-order chi connectivity index (χ1) is 18.3. The molecule has 206 valence electrons. The third-order valence-corrected chi connectivity index (χ3v) is 7.89. The number of H-pyrrole nitrogens is 1. The summed E-state index contributed by atoms with van der Waals surface area (Å²) >= 11 is 0. The molecule has 0 saturated carbocycles. The summed E-state index contributed by atoms with van der Waals surface area (Å²) in [5, 5.41) is 5.92. The normalized spacial score (nSPS) is 18.5. The predicted molar refractivity (Wildman–Crippen MR) is 150 cm³/mol. The molecule has 2 aliphatic rings. The number of fused-ring (bicyclic) bond motifs is 3. The van der Waals surface area contributed by atoms with Crippen molar-refractivity contribution in [3.63, 3.8) is 0 Å². The van der Waals surface area contributed by atoms with E-state index in [1.165, 1.54) is 6.07 Å². The molecule has 0 radical (unpaired) electrons. The van der Waals surface area contributed by atoms with E-state index in [-0.39, 0.29) is 36.8 Å². The van der Waals surface area contributed by atoms with Gasteiger partial charge in [-0.1, -0.05) is 7.43 Å². The first-order valence-corrected chi connectivity index (χ1v) is 13.1. The van der Waals surface area contributed by atoms with Crippen LogP contribution in [-0.2, 0) is 4.74 Å². The van der Waals surface area contributed by atoms with Gasteiger partial charge in [-0.3, -0.25) is 14.3 Å². The number of pyridine rings is 2. The number of carbonyl (C=O) groups excluding carboxylic acids is 1. The highest BCUT2D eigenvalue weighted by atomic mass is 19.1. The Labute approximate surface area is 226 Å². The maximum Gasteiger partial charge on any atom is 0.259 e. The summed E-state index contributed by atoms with van der Waals surface area (Å²) in [6, 6.07) is 7.09. The summed E-state index contributed by atoms with van der Waals surface area (Å²) in [4.78, 5) is 38.0. The Hall–Kier alpha value is -3.79. The van der Waals surface area contributed by atoms with Gasteiger partial charge in [0.1, 0.15) is 11.6 Å². The summed E-state index contributed by atoms with van der Waals surface area (Å²) in [7, 11) is 0. The molecule has 0 aliphatic carbocycles. The number of ether oxygens (including phenoxy) is 1. The highest BCUT2D eigenvalue weighted by molar-refractivity contribution is 6.07. The molecular formula is C29H35FN6O3. The number of piperazine rings is 1. The van der Waals surface area contributed by atoms with Crippen molar-refractivity contribution in [2.75, 3.05) is 37.7 Å². The van der Waals surface area contributed by atoms with E-state index in [0.717, 1.165) is 35.1 Å². The minimum atomic E-state index is -0.324. The second kappa shape index (κ2) is 10.4. The standard InChI is InChI=1S/C28H31FN6O3.CH4/c1-16-12-24-21(26-22(27(36)32-24)14-30-35(26)19-6-10-38-11-7-19)13-20(16)28(37)33-8-9-34(17(2)15-33)25-5-4-23(29)18(3)31-25;/h4-5,12-14,17,19H,6-11,15H2,1-3H3,(H,32,36);1H4/t17-;/m1./s1. The van der Waals surface area contributed by atoms with Gasteiger partial charge in [0.05, 0.1) is 34.4 Å². The van der Waals surface area contributed by atoms with E-state index >= 15 is 0 Å². The number of carbonyl (C=O) groups is 1. The van der Waals surface area contributed by atoms with Gasteiger partial charge in [-0.15, -0.1) is 0 Å². The molecule has 1 amide bonds. The van der Waals surface area contributed by atoms with Crippen molar-refractivity contribution in [1.82, 2.24) is 24.6 Å². The number of anilines is 1. The summed E-state index contributed by atoms with van der Waals surface area (Å²) < 4.78 is 21.2. The van der Waals surface area contributed by atoms with E-state index in [1.54, 1.807) is 19.2 Å². The molecule has 1 N–H and O–H groups in total. The zero-order valence-corrected chi connectivity index (χ0v) is 21.8. The minimum Gasteiger partial charge on any atom is -0.381 e. The van der Waals surface area contributed by atoms with Crippen molar-refractivity contribution in [2.45, 2.75) is 53.1 Å². The van der Waals surface area contributed by atoms with Crippen molar-refractivity contribution >= 4 is 33.5 Å². The molecule has 0 unspecified atom stereocenters. The Morgan fingerprint density at radius 3 is 2.62 bits per heavy atom. The van der Waals surface area contributed by atoms with Crippen LogP contribution in [0.2, 0.25) is 0 Å². The lowest BCUT2D eigenvalue weighted by atomic mass is 10.0. The Bertz CT molecular complexity index is 1610. The number of aromatic amines is 1. The number of aromatic nitrogens is 4. The van der Waals surface area contributed by atoms with E-state index in [1.807, 2.05) is 35.6 Å². The number of aryl methyl sites for hydroxylation is 2. The fourth-order valence-corrected chi connectivity index (χ4v) is 5.77. The number of benzene rings is 1. The van der Waals surface area contributed by atoms with Gasteiger partial charge in [-0.05, 0) is 63.4 Å². The maximum absolute atomic E-state index is 13.8. The van der Waals surface area contributed by atoms with Crippen LogP contribution in [0.5, 0.6) is 0 Å². The lowest BCUT2D eigenvalue weighted by Crippen LogP contribution is -2.54. The molecule has 9 nitrogen and oxygen atoms in total. The maximum atomic E-state index is 13.8. The average molecular weight is 535 g/mol. The lowest BCUT2D eigenvalue weighted by molar-refractivity contribution is 0.0675. The van der Waals surface area contributed by atoms with Crippen LogP contribution in [-0.4, -0.2) is 69.4 Å². The van der Waals surface area contributed by atoms with Crippen LogP contribution in [0.4, 0.5) is 10.2 Å². The zero-order valence-electron chi connectivity index (χ0n) is 21.8. The third kappa shape index (κ3) is 4.67. The number of halogens is 1. The van der Waals surface area contributed by atoms with Crippen LogP contribution in [0.25, 0.3) is 21.8 Å². The van der Waals surface area contributed by atoms with Crippen molar-refractivity contribution < 1.29 is 13.9 Å². The van der Waals surface area contributed by atoms with Crippen LogP contribution in [0.3, 0.4) is 0 Å². The van der Waals surface area contributed by atoms with Gasteiger partial charge in [0.25, 0.3) is 11.5 Å². The van der Waals surface area contributed by atoms with Crippen LogP contribution in [0.1, 0.15) is 54.8 Å². The Kier molecular flexibility index (Phi) is 7.15. The van der Waals surface area contributed by atoms with Gasteiger partial charge in [0.2, 0.25) is 0 Å². The molecule has 0 spiro atoms. The lowest BCUT2D eigenvalue weighted by Gasteiger charge is -2.40. The molecule has 2 aliphatic heterocycles. The second-order valence-electron chi connectivity index (χ2n) is 10.4. The van der Waals surface area contributed by atoms with Crippen molar-refractivity contribution in [3.05, 3.63) is 63.5 Å². The molecule has 3 aromatic heterocycles. The Morgan fingerprint density at radius 1 is 1.13 bits per heavy atom. The van der Waals surface area contributed by atoms with Gasteiger partial charge in [-0.2, -0.15) is 5.10 Å². The zero-order chi connectivity index (χ0) is 26.6. The summed E-state index contributed by atoms with van der Waals surface area (Å²) in [5.74, 6) is 0.351. The van der Waals surface area contributed by atoms with E-state index in [9.17, 15) is 14.0 Å². The topological polar surface area (TPSA) is 96.3 Å². The molecule has 5 heterocycles. The summed E-state index contributed by atoms with van der Waals surface area (Å²) in [5.41, 5.74) is 3.06. The molecule has 6 rings (SSSR count). The smallest absolute Gasteiger partial charge is 0.259 e. The SMILES string of the molecule is C.Cc1cc2[nH]c(=O)c3cnn(C4CCOCC4)c3c2cc1C(=O)N1CCN(c2ccc(F)c(C)n2)[C@H](C)C1. The van der Waals surface area contributed by atoms with Gasteiger partial charge in [-0.25, -0.2) is 9.37 Å². The van der Waals surface area contributed by atoms with Crippen molar-refractivity contribution in [1.29, 1.82) is 0 Å². The number of hydrogen-bond donors (Lipinski definition) is 1. The number of amides is 1. The molecule has 1 atom stereocenters. The summed E-state index contributed by atoms with van der Waals surface area (Å²) in [6.07, 6.45) is 3.27. The van der Waals surface area contributed by atoms with E-state index < -0.39 is 0 Å². The van der Waals surface area contributed by atoms with E-state index in [2.05, 4.69) is 20.0 Å². The summed E-state index contributed by atoms with van der Waals surface area (Å²) in [6.45, 7) is 8.58. The highest BCUT2D eigenvalue weighted by Gasteiger charge is 2.30. The molecule has 10 heteroatoms. The first kappa shape index (κ1) is 26.8. The van der Waals surface area contributed by atoms with Crippen LogP contribution in [0.15, 0.2) is 35.3 Å². The molecule has 2 saturated heterocycles. The average Bonchev–Trinajstić information content (AvgIpc) is 3.36. The number of hydrogen-bond acceptors (Lipinski definition) is 6. The first-order valence-electron chi connectivity index (χ1n) is 13.1. The van der Waals surface area contributed by atoms with Crippen molar-refractivity contribution in [2.24, 2.45) is 0 Å². The molecule has 0 bridgehead atoms. The van der Waals surface area contributed by atoms with Gasteiger partial charge < -0.3 is 19.5 Å². The molecule has 39 heavy (non-hydrogen) atoms. The molecular weight excluding hydrogens is 499 g/mol. The minimum absolute atomic E-state index is 0. The largest absolute Gasteiger partial charge is 0.381 e. The predicted octanol–water partition coefficient (Wildman–Crippen LogP) is 4.37. The molecule has 2 fully saturated rings. The quantitative estimate of drug-likeness (QED) is 0.419. The molecule has 1 aromatic carbocycles. The van der Waals surface area contributed by atoms with E-state index in [4.69, 9.17) is 4.74 Å². The number of nitrogens with zero attached hydrogens (tertiary/aromatic N) is 5. The van der Waals surface area contributed by atoms with Crippen LogP contribution >= 0.6 is 0 Å². The fraction of sp³-hybridized carbons (Fsp3) is 0.448. The second-order valence-corrected chi connectivity index (χ2v) is 10.4.